The first kappa shape index (κ1) is 21.0. The highest BCUT2D eigenvalue weighted by molar-refractivity contribution is 7.90. The fourth-order valence-corrected chi connectivity index (χ4v) is 5.94. The van der Waals surface area contributed by atoms with Gasteiger partial charge in [0.25, 0.3) is 20.0 Å². The van der Waals surface area contributed by atoms with E-state index in [1.807, 2.05) is 6.92 Å². The Morgan fingerprint density at radius 1 is 0.966 bits per heavy atom. The van der Waals surface area contributed by atoms with Gasteiger partial charge in [0.2, 0.25) is 10.7 Å². The number of hydrogen-bond donors (Lipinski definition) is 1. The van der Waals surface area contributed by atoms with Gasteiger partial charge in [-0.1, -0.05) is 17.7 Å². The van der Waals surface area contributed by atoms with Crippen LogP contribution in [0, 0.1) is 6.92 Å². The molecule has 1 aromatic heterocycles. The minimum absolute atomic E-state index is 0.0278. The topological polar surface area (TPSA) is 115 Å². The Morgan fingerprint density at radius 3 is 2.14 bits per heavy atom. The van der Waals surface area contributed by atoms with Gasteiger partial charge in [0.1, 0.15) is 0 Å². The number of nitrogens with zero attached hydrogens (tertiary/aromatic N) is 2. The average molecular weight is 452 g/mol. The maximum Gasteiger partial charge on any atom is 0.285 e. The molecular formula is C18H17N3O5S3. The molecule has 3 aromatic rings. The number of aryl methyl sites for hydroxylation is 1. The van der Waals surface area contributed by atoms with E-state index in [2.05, 4.69) is 9.71 Å². The van der Waals surface area contributed by atoms with Gasteiger partial charge in [0.15, 0.2) is 0 Å². The standard InChI is InChI=1S/C18H17N3O5S3/c1-13-3-7-17(8-4-13)29(25,26)21-11-12-27-18(21)20-28(23,24)16-9-5-15(6-10-16)19-14(2)22/h3-12H,1-2H3,(H,19,22). The number of carbonyl (C=O) groups is 1. The van der Waals surface area contributed by atoms with E-state index in [1.54, 1.807) is 12.1 Å². The number of thiazole rings is 1. The molecule has 0 spiro atoms. The Hall–Kier alpha value is -2.76. The third-order valence-electron chi connectivity index (χ3n) is 3.81. The van der Waals surface area contributed by atoms with Crippen molar-refractivity contribution < 1.29 is 21.6 Å². The van der Waals surface area contributed by atoms with Crippen molar-refractivity contribution in [2.24, 2.45) is 4.40 Å². The van der Waals surface area contributed by atoms with Crippen molar-refractivity contribution in [1.82, 2.24) is 3.97 Å². The second-order valence-corrected chi connectivity index (χ2v) is 10.4. The van der Waals surface area contributed by atoms with E-state index in [0.717, 1.165) is 20.9 Å². The molecule has 11 heteroatoms. The molecule has 2 aromatic carbocycles. The van der Waals surface area contributed by atoms with Gasteiger partial charge in [-0.3, -0.25) is 4.79 Å². The Balaban J connectivity index is 2.03. The molecule has 152 valence electrons. The number of carbonyl (C=O) groups excluding carboxylic acids is 1. The maximum absolute atomic E-state index is 12.9. The summed E-state index contributed by atoms with van der Waals surface area (Å²) < 4.78 is 55.6. The van der Waals surface area contributed by atoms with Crippen LogP contribution in [0.2, 0.25) is 0 Å². The van der Waals surface area contributed by atoms with Crippen molar-refractivity contribution in [2.75, 3.05) is 5.32 Å². The molecule has 0 atom stereocenters. The second kappa shape index (κ2) is 7.93. The van der Waals surface area contributed by atoms with Crippen LogP contribution in [0.25, 0.3) is 0 Å². The Kier molecular flexibility index (Phi) is 5.73. The average Bonchev–Trinajstić information content (AvgIpc) is 3.10. The van der Waals surface area contributed by atoms with E-state index in [-0.39, 0.29) is 20.5 Å². The number of hydrogen-bond acceptors (Lipinski definition) is 6. The molecule has 0 fully saturated rings. The molecule has 1 N–H and O–H groups in total. The predicted molar refractivity (Wildman–Crippen MR) is 110 cm³/mol. The van der Waals surface area contributed by atoms with Crippen molar-refractivity contribution in [3.05, 3.63) is 70.5 Å². The van der Waals surface area contributed by atoms with Crippen LogP contribution in [-0.2, 0) is 24.8 Å². The van der Waals surface area contributed by atoms with Gasteiger partial charge in [0.05, 0.1) is 9.79 Å². The molecule has 0 saturated carbocycles. The second-order valence-electron chi connectivity index (χ2n) is 6.07. The van der Waals surface area contributed by atoms with Crippen LogP contribution in [0.5, 0.6) is 0 Å². The summed E-state index contributed by atoms with van der Waals surface area (Å²) in [6.45, 7) is 3.17. The zero-order chi connectivity index (χ0) is 21.2. The van der Waals surface area contributed by atoms with E-state index >= 15 is 0 Å². The van der Waals surface area contributed by atoms with Crippen LogP contribution in [0.4, 0.5) is 5.69 Å². The lowest BCUT2D eigenvalue weighted by Crippen LogP contribution is -2.24. The van der Waals surface area contributed by atoms with Gasteiger partial charge in [-0.25, -0.2) is 12.4 Å². The van der Waals surface area contributed by atoms with Crippen LogP contribution in [0.15, 0.2) is 74.3 Å². The van der Waals surface area contributed by atoms with Crippen LogP contribution >= 0.6 is 11.3 Å². The molecule has 0 bridgehead atoms. The monoisotopic (exact) mass is 451 g/mol. The Bertz CT molecular complexity index is 1320. The van der Waals surface area contributed by atoms with Crippen LogP contribution < -0.4 is 10.1 Å². The van der Waals surface area contributed by atoms with Gasteiger partial charge in [0, 0.05) is 24.2 Å². The number of amides is 1. The SMILES string of the molecule is CC(=O)Nc1ccc(S(=O)(=O)N=c2sccn2S(=O)(=O)c2ccc(C)cc2)cc1. The molecule has 0 radical (unpaired) electrons. The third kappa shape index (κ3) is 4.63. The lowest BCUT2D eigenvalue weighted by molar-refractivity contribution is -0.114. The zero-order valence-electron chi connectivity index (χ0n) is 15.4. The van der Waals surface area contributed by atoms with E-state index in [1.165, 1.54) is 54.9 Å². The van der Waals surface area contributed by atoms with Crippen LogP contribution in [0.1, 0.15) is 12.5 Å². The van der Waals surface area contributed by atoms with E-state index in [9.17, 15) is 21.6 Å². The molecule has 29 heavy (non-hydrogen) atoms. The first-order valence-electron chi connectivity index (χ1n) is 8.27. The molecule has 3 rings (SSSR count). The first-order valence-corrected chi connectivity index (χ1v) is 12.0. The van der Waals surface area contributed by atoms with Crippen molar-refractivity contribution in [3.8, 4) is 0 Å². The van der Waals surface area contributed by atoms with E-state index in [4.69, 9.17) is 0 Å². The summed E-state index contributed by atoms with van der Waals surface area (Å²) in [5.41, 5.74) is 1.33. The predicted octanol–water partition coefficient (Wildman–Crippen LogP) is 2.34. The normalized spacial score (nSPS) is 12.7. The number of anilines is 1. The van der Waals surface area contributed by atoms with Gasteiger partial charge < -0.3 is 5.32 Å². The van der Waals surface area contributed by atoms with Crippen LogP contribution in [0.3, 0.4) is 0 Å². The highest BCUT2D eigenvalue weighted by atomic mass is 32.2. The maximum atomic E-state index is 12.9. The number of sulfonamides is 1. The molecule has 1 amide bonds. The molecular weight excluding hydrogens is 434 g/mol. The van der Waals surface area contributed by atoms with Crippen molar-refractivity contribution >= 4 is 43.0 Å². The Labute approximate surface area is 172 Å². The molecule has 0 saturated heterocycles. The summed E-state index contributed by atoms with van der Waals surface area (Å²) in [5.74, 6) is -0.286. The van der Waals surface area contributed by atoms with Gasteiger partial charge in [-0.15, -0.1) is 15.7 Å². The van der Waals surface area contributed by atoms with Gasteiger partial charge >= 0.3 is 0 Å². The Morgan fingerprint density at radius 2 is 1.55 bits per heavy atom. The number of aromatic nitrogens is 1. The quantitative estimate of drug-likeness (QED) is 0.639. The highest BCUT2D eigenvalue weighted by Crippen LogP contribution is 2.17. The molecule has 0 unspecified atom stereocenters. The summed E-state index contributed by atoms with van der Waals surface area (Å²) >= 11 is 0.888. The van der Waals surface area contributed by atoms with Crippen LogP contribution in [-0.4, -0.2) is 26.7 Å². The molecule has 0 aliphatic rings. The first-order chi connectivity index (χ1) is 13.6. The third-order valence-corrected chi connectivity index (χ3v) is 7.76. The highest BCUT2D eigenvalue weighted by Gasteiger charge is 2.20. The molecule has 0 aliphatic carbocycles. The smallest absolute Gasteiger partial charge is 0.285 e. The lowest BCUT2D eigenvalue weighted by Gasteiger charge is -2.06. The summed E-state index contributed by atoms with van der Waals surface area (Å²) in [6, 6.07) is 11.6. The van der Waals surface area contributed by atoms with Crippen molar-refractivity contribution in [1.29, 1.82) is 0 Å². The van der Waals surface area contributed by atoms with Gasteiger partial charge in [-0.05, 0) is 43.3 Å². The van der Waals surface area contributed by atoms with Crippen molar-refractivity contribution in [2.45, 2.75) is 23.6 Å². The van der Waals surface area contributed by atoms with Gasteiger partial charge in [-0.2, -0.15) is 8.42 Å². The number of rotatable bonds is 5. The summed E-state index contributed by atoms with van der Waals surface area (Å²) in [7, 11) is -8.16. The fourth-order valence-electron chi connectivity index (χ4n) is 2.40. The van der Waals surface area contributed by atoms with E-state index in [0.29, 0.717) is 5.69 Å². The minimum Gasteiger partial charge on any atom is -0.326 e. The van der Waals surface area contributed by atoms with E-state index < -0.39 is 20.0 Å². The summed E-state index contributed by atoms with van der Waals surface area (Å²) in [4.78, 5) is 10.8. The van der Waals surface area contributed by atoms with Crippen molar-refractivity contribution in [3.63, 3.8) is 0 Å². The number of nitrogens with one attached hydrogen (secondary N) is 1. The molecule has 8 nitrogen and oxygen atoms in total. The zero-order valence-corrected chi connectivity index (χ0v) is 17.9. The lowest BCUT2D eigenvalue weighted by atomic mass is 10.2. The summed E-state index contributed by atoms with van der Waals surface area (Å²) in [6.07, 6.45) is 1.26. The molecule has 0 aliphatic heterocycles. The molecule has 1 heterocycles. The summed E-state index contributed by atoms with van der Waals surface area (Å²) in [5, 5.41) is 3.98. The largest absolute Gasteiger partial charge is 0.326 e. The minimum atomic E-state index is -4.16. The fraction of sp³-hybridized carbons (Fsp3) is 0.111. The number of benzene rings is 2.